The summed E-state index contributed by atoms with van der Waals surface area (Å²) < 4.78 is 5.00. The molecule has 0 unspecified atom stereocenters. The van der Waals surface area contributed by atoms with Gasteiger partial charge >= 0.3 is 6.09 Å². The molecule has 0 spiro atoms. The Bertz CT molecular complexity index is 204. The summed E-state index contributed by atoms with van der Waals surface area (Å²) in [6, 6.07) is 0.763. The number of nitrogens with two attached hydrogens (primary N) is 1. The van der Waals surface area contributed by atoms with Crippen molar-refractivity contribution in [2.75, 3.05) is 13.1 Å². The van der Waals surface area contributed by atoms with Crippen LogP contribution in [0, 0.1) is 0 Å². The molecule has 1 aliphatic carbocycles. The van der Waals surface area contributed by atoms with E-state index in [0.717, 1.165) is 32.0 Å². The monoisotopic (exact) mass is 184 g/mol. The molecule has 0 bridgehead atoms. The standard InChI is InChI=1S/C9H16N2O2/c10-9(12)13-8-2-1-5-11(6-8)7-3-4-7/h7-8H,1-6H2,(H2,10,12)/t8-/m1/s1. The molecule has 1 amide bonds. The molecule has 1 saturated carbocycles. The van der Waals surface area contributed by atoms with Gasteiger partial charge in [0.2, 0.25) is 0 Å². The maximum Gasteiger partial charge on any atom is 0.404 e. The van der Waals surface area contributed by atoms with Crippen molar-refractivity contribution in [2.24, 2.45) is 5.73 Å². The Morgan fingerprint density at radius 1 is 1.38 bits per heavy atom. The van der Waals surface area contributed by atoms with Crippen LogP contribution < -0.4 is 5.73 Å². The molecule has 1 heterocycles. The molecule has 0 aromatic carbocycles. The van der Waals surface area contributed by atoms with Gasteiger partial charge in [0.25, 0.3) is 0 Å². The second-order valence-corrected chi connectivity index (χ2v) is 3.93. The number of nitrogens with zero attached hydrogens (tertiary/aromatic N) is 1. The second kappa shape index (κ2) is 3.54. The molecule has 2 N–H and O–H groups in total. The van der Waals surface area contributed by atoms with Gasteiger partial charge in [0.1, 0.15) is 6.10 Å². The van der Waals surface area contributed by atoms with Crippen molar-refractivity contribution in [1.29, 1.82) is 0 Å². The van der Waals surface area contributed by atoms with Crippen LogP contribution in [0.5, 0.6) is 0 Å². The van der Waals surface area contributed by atoms with Gasteiger partial charge in [-0.2, -0.15) is 0 Å². The van der Waals surface area contributed by atoms with Crippen LogP contribution in [0.25, 0.3) is 0 Å². The molecular formula is C9H16N2O2. The first-order valence-electron chi connectivity index (χ1n) is 4.96. The van der Waals surface area contributed by atoms with Crippen LogP contribution >= 0.6 is 0 Å². The fourth-order valence-electron chi connectivity index (χ4n) is 2.00. The predicted molar refractivity (Wildman–Crippen MR) is 48.3 cm³/mol. The van der Waals surface area contributed by atoms with E-state index in [-0.39, 0.29) is 6.10 Å². The Labute approximate surface area is 78.0 Å². The Morgan fingerprint density at radius 3 is 2.77 bits per heavy atom. The Balaban J connectivity index is 1.80. The number of hydrogen-bond acceptors (Lipinski definition) is 3. The number of primary amides is 1. The van der Waals surface area contributed by atoms with Gasteiger partial charge in [-0.05, 0) is 32.2 Å². The average molecular weight is 184 g/mol. The normalized spacial score (nSPS) is 30.0. The van der Waals surface area contributed by atoms with Crippen LogP contribution in [0.2, 0.25) is 0 Å². The van der Waals surface area contributed by atoms with Crippen LogP contribution in [0.15, 0.2) is 0 Å². The van der Waals surface area contributed by atoms with Gasteiger partial charge in [-0.25, -0.2) is 4.79 Å². The van der Waals surface area contributed by atoms with Gasteiger partial charge in [0, 0.05) is 12.6 Å². The number of hydrogen-bond donors (Lipinski definition) is 1. The van der Waals surface area contributed by atoms with Crippen molar-refractivity contribution in [3.8, 4) is 0 Å². The van der Waals surface area contributed by atoms with Crippen molar-refractivity contribution in [2.45, 2.75) is 37.8 Å². The quantitative estimate of drug-likeness (QED) is 0.687. The summed E-state index contributed by atoms with van der Waals surface area (Å²) in [4.78, 5) is 13.0. The van der Waals surface area contributed by atoms with E-state index in [0.29, 0.717) is 0 Å². The first-order valence-corrected chi connectivity index (χ1v) is 4.96. The molecule has 1 saturated heterocycles. The summed E-state index contributed by atoms with van der Waals surface area (Å²) in [5.74, 6) is 0. The number of likely N-dealkylation sites (tertiary alicyclic amines) is 1. The minimum absolute atomic E-state index is 0.0341. The van der Waals surface area contributed by atoms with Crippen molar-refractivity contribution < 1.29 is 9.53 Å². The molecule has 13 heavy (non-hydrogen) atoms. The number of carbonyl (C=O) groups is 1. The Hall–Kier alpha value is -0.770. The highest BCUT2D eigenvalue weighted by Gasteiger charge is 2.33. The minimum atomic E-state index is -0.636. The second-order valence-electron chi connectivity index (χ2n) is 3.93. The molecule has 0 aromatic rings. The highest BCUT2D eigenvalue weighted by Crippen LogP contribution is 2.29. The Kier molecular flexibility index (Phi) is 2.40. The van der Waals surface area contributed by atoms with Crippen LogP contribution in [-0.4, -0.2) is 36.2 Å². The lowest BCUT2D eigenvalue weighted by Gasteiger charge is -2.31. The van der Waals surface area contributed by atoms with Crippen LogP contribution in [0.4, 0.5) is 4.79 Å². The Morgan fingerprint density at radius 2 is 2.15 bits per heavy atom. The van der Waals surface area contributed by atoms with E-state index in [1.807, 2.05) is 0 Å². The van der Waals surface area contributed by atoms with Crippen LogP contribution in [0.3, 0.4) is 0 Å². The maximum atomic E-state index is 10.5. The lowest BCUT2D eigenvalue weighted by molar-refractivity contribution is 0.0444. The zero-order valence-corrected chi connectivity index (χ0v) is 7.74. The molecule has 2 aliphatic rings. The molecule has 74 valence electrons. The summed E-state index contributed by atoms with van der Waals surface area (Å²) >= 11 is 0. The fourth-order valence-corrected chi connectivity index (χ4v) is 2.00. The summed E-state index contributed by atoms with van der Waals surface area (Å²) in [5.41, 5.74) is 4.98. The first-order chi connectivity index (χ1) is 6.25. The summed E-state index contributed by atoms with van der Waals surface area (Å²) in [5, 5.41) is 0. The van der Waals surface area contributed by atoms with E-state index >= 15 is 0 Å². The third kappa shape index (κ3) is 2.34. The van der Waals surface area contributed by atoms with Crippen LogP contribution in [-0.2, 0) is 4.74 Å². The third-order valence-corrected chi connectivity index (χ3v) is 2.76. The van der Waals surface area contributed by atoms with Gasteiger partial charge in [-0.1, -0.05) is 0 Å². The molecule has 2 fully saturated rings. The van der Waals surface area contributed by atoms with Gasteiger partial charge < -0.3 is 10.5 Å². The predicted octanol–water partition coefficient (Wildman–Crippen LogP) is 0.708. The zero-order chi connectivity index (χ0) is 9.26. The van der Waals surface area contributed by atoms with Crippen molar-refractivity contribution in [3.63, 3.8) is 0 Å². The molecule has 0 aromatic heterocycles. The highest BCUT2D eigenvalue weighted by atomic mass is 16.6. The molecule has 2 rings (SSSR count). The van der Waals surface area contributed by atoms with Crippen molar-refractivity contribution in [1.82, 2.24) is 4.90 Å². The number of ether oxygens (including phenoxy) is 1. The molecular weight excluding hydrogens is 168 g/mol. The summed E-state index contributed by atoms with van der Waals surface area (Å²) in [6.45, 7) is 2.04. The van der Waals surface area contributed by atoms with E-state index < -0.39 is 6.09 Å². The lowest BCUT2D eigenvalue weighted by Crippen LogP contribution is -2.42. The summed E-state index contributed by atoms with van der Waals surface area (Å²) in [6.07, 6.45) is 4.10. The smallest absolute Gasteiger partial charge is 0.404 e. The topological polar surface area (TPSA) is 55.6 Å². The van der Waals surface area contributed by atoms with E-state index in [4.69, 9.17) is 10.5 Å². The third-order valence-electron chi connectivity index (χ3n) is 2.76. The summed E-state index contributed by atoms with van der Waals surface area (Å²) in [7, 11) is 0. The molecule has 1 aliphatic heterocycles. The number of piperidine rings is 1. The number of amides is 1. The molecule has 0 radical (unpaired) electrons. The minimum Gasteiger partial charge on any atom is -0.445 e. The first kappa shape index (κ1) is 8.81. The molecule has 4 heteroatoms. The van der Waals surface area contributed by atoms with Gasteiger partial charge in [0.15, 0.2) is 0 Å². The SMILES string of the molecule is NC(=O)O[C@@H]1CCCN(C2CC2)C1. The van der Waals surface area contributed by atoms with Gasteiger partial charge in [0.05, 0.1) is 0 Å². The van der Waals surface area contributed by atoms with E-state index in [2.05, 4.69) is 4.90 Å². The maximum absolute atomic E-state index is 10.5. The fraction of sp³-hybridized carbons (Fsp3) is 0.889. The van der Waals surface area contributed by atoms with Gasteiger partial charge in [-0.3, -0.25) is 4.90 Å². The largest absolute Gasteiger partial charge is 0.445 e. The number of rotatable bonds is 2. The molecule has 4 nitrogen and oxygen atoms in total. The van der Waals surface area contributed by atoms with Gasteiger partial charge in [-0.15, -0.1) is 0 Å². The van der Waals surface area contributed by atoms with E-state index in [9.17, 15) is 4.79 Å². The zero-order valence-electron chi connectivity index (χ0n) is 7.74. The van der Waals surface area contributed by atoms with Crippen molar-refractivity contribution >= 4 is 6.09 Å². The number of carbonyl (C=O) groups excluding carboxylic acids is 1. The van der Waals surface area contributed by atoms with E-state index in [1.54, 1.807) is 0 Å². The van der Waals surface area contributed by atoms with E-state index in [1.165, 1.54) is 12.8 Å². The average Bonchev–Trinajstić information content (AvgIpc) is 2.85. The van der Waals surface area contributed by atoms with Crippen molar-refractivity contribution in [3.05, 3.63) is 0 Å². The molecule has 1 atom stereocenters. The van der Waals surface area contributed by atoms with Crippen LogP contribution in [0.1, 0.15) is 25.7 Å². The highest BCUT2D eigenvalue weighted by molar-refractivity contribution is 5.64. The lowest BCUT2D eigenvalue weighted by atomic mass is 10.1.